The van der Waals surface area contributed by atoms with Crippen molar-refractivity contribution in [2.45, 2.75) is 32.4 Å². The van der Waals surface area contributed by atoms with E-state index in [1.54, 1.807) is 0 Å². The molecule has 1 fully saturated rings. The highest BCUT2D eigenvalue weighted by Gasteiger charge is 2.21. The van der Waals surface area contributed by atoms with Gasteiger partial charge in [0.25, 0.3) is 0 Å². The van der Waals surface area contributed by atoms with Crippen LogP contribution in [-0.2, 0) is 6.54 Å². The molecule has 0 radical (unpaired) electrons. The molecule has 0 atom stereocenters. The lowest BCUT2D eigenvalue weighted by Gasteiger charge is -2.17. The van der Waals surface area contributed by atoms with Gasteiger partial charge in [0.15, 0.2) is 0 Å². The highest BCUT2D eigenvalue weighted by Crippen LogP contribution is 2.24. The first-order valence-corrected chi connectivity index (χ1v) is 6.75. The Bertz CT molecular complexity index is 521. The van der Waals surface area contributed by atoms with Gasteiger partial charge >= 0.3 is 6.01 Å². The summed E-state index contributed by atoms with van der Waals surface area (Å²) < 4.78 is 5.71. The first kappa shape index (κ1) is 12.2. The Balaban J connectivity index is 1.72. The average molecular weight is 258 g/mol. The van der Waals surface area contributed by atoms with Gasteiger partial charge in [-0.2, -0.15) is 0 Å². The maximum Gasteiger partial charge on any atom is 0.322 e. The topological polar surface area (TPSA) is 54.2 Å². The summed E-state index contributed by atoms with van der Waals surface area (Å²) in [6, 6.07) is 11.3. The number of benzene rings is 1. The van der Waals surface area contributed by atoms with Crippen molar-refractivity contribution in [2.24, 2.45) is 0 Å². The van der Waals surface area contributed by atoms with E-state index in [0.717, 1.165) is 12.2 Å². The summed E-state index contributed by atoms with van der Waals surface area (Å²) in [5, 5.41) is 11.6. The molecule has 0 saturated heterocycles. The van der Waals surface area contributed by atoms with Crippen LogP contribution in [0, 0.1) is 0 Å². The molecule has 5 heteroatoms. The smallest absolute Gasteiger partial charge is 0.322 e. The highest BCUT2D eigenvalue weighted by molar-refractivity contribution is 5.55. The molecular formula is C14H18N4O. The minimum absolute atomic E-state index is 0.557. The summed E-state index contributed by atoms with van der Waals surface area (Å²) in [6.07, 6.45) is 2.51. The lowest BCUT2D eigenvalue weighted by Crippen LogP contribution is -2.16. The Morgan fingerprint density at radius 2 is 2.05 bits per heavy atom. The van der Waals surface area contributed by atoms with Crippen LogP contribution in [0.5, 0.6) is 0 Å². The van der Waals surface area contributed by atoms with Crippen LogP contribution in [0.2, 0.25) is 0 Å². The molecule has 5 nitrogen and oxygen atoms in total. The van der Waals surface area contributed by atoms with Gasteiger partial charge in [-0.15, -0.1) is 5.10 Å². The molecule has 0 unspecified atom stereocenters. The molecule has 1 aliphatic carbocycles. The van der Waals surface area contributed by atoms with Crippen molar-refractivity contribution in [3.63, 3.8) is 0 Å². The fourth-order valence-electron chi connectivity index (χ4n) is 1.98. The fourth-order valence-corrected chi connectivity index (χ4v) is 1.98. The minimum atomic E-state index is 0.557. The van der Waals surface area contributed by atoms with E-state index in [9.17, 15) is 0 Å². The molecule has 1 saturated carbocycles. The van der Waals surface area contributed by atoms with Gasteiger partial charge in [-0.05, 0) is 31.9 Å². The summed E-state index contributed by atoms with van der Waals surface area (Å²) in [6.45, 7) is 3.52. The number of para-hydroxylation sites is 1. The summed E-state index contributed by atoms with van der Waals surface area (Å²) in [4.78, 5) is 2.01. The standard InChI is InChI=1S/C14H18N4O/c1-2-18(12-6-4-3-5-7-12)14-17-16-13(19-14)10-15-11-8-9-11/h3-7,11,15H,2,8-10H2,1H3. The zero-order chi connectivity index (χ0) is 13.1. The van der Waals surface area contributed by atoms with E-state index in [1.807, 2.05) is 35.2 Å². The van der Waals surface area contributed by atoms with Crippen LogP contribution in [0.3, 0.4) is 0 Å². The quantitative estimate of drug-likeness (QED) is 0.862. The molecule has 100 valence electrons. The van der Waals surface area contributed by atoms with Gasteiger partial charge < -0.3 is 9.73 Å². The zero-order valence-corrected chi connectivity index (χ0v) is 11.0. The van der Waals surface area contributed by atoms with Gasteiger partial charge in [-0.1, -0.05) is 23.3 Å². The van der Waals surface area contributed by atoms with E-state index >= 15 is 0 Å². The predicted octanol–water partition coefficient (Wildman–Crippen LogP) is 2.48. The van der Waals surface area contributed by atoms with E-state index in [-0.39, 0.29) is 0 Å². The molecule has 0 aliphatic heterocycles. The van der Waals surface area contributed by atoms with E-state index in [4.69, 9.17) is 4.42 Å². The van der Waals surface area contributed by atoms with Crippen LogP contribution in [0.1, 0.15) is 25.7 Å². The van der Waals surface area contributed by atoms with Gasteiger partial charge in [0.1, 0.15) is 0 Å². The Kier molecular flexibility index (Phi) is 3.46. The van der Waals surface area contributed by atoms with E-state index in [2.05, 4.69) is 22.4 Å². The van der Waals surface area contributed by atoms with Crippen LogP contribution in [0.4, 0.5) is 11.7 Å². The molecule has 0 bridgehead atoms. The number of aromatic nitrogens is 2. The summed E-state index contributed by atoms with van der Waals surface area (Å²) in [5.74, 6) is 0.649. The molecule has 0 amide bonds. The molecule has 19 heavy (non-hydrogen) atoms. The maximum atomic E-state index is 5.71. The predicted molar refractivity (Wildman–Crippen MR) is 73.3 cm³/mol. The Morgan fingerprint density at radius 3 is 2.74 bits per heavy atom. The second-order valence-electron chi connectivity index (χ2n) is 4.71. The summed E-state index contributed by atoms with van der Waals surface area (Å²) >= 11 is 0. The Hall–Kier alpha value is -1.88. The third-order valence-corrected chi connectivity index (χ3v) is 3.19. The lowest BCUT2D eigenvalue weighted by molar-refractivity contribution is 0.468. The Labute approximate surface area is 112 Å². The van der Waals surface area contributed by atoms with Crippen LogP contribution >= 0.6 is 0 Å². The molecule has 1 heterocycles. The van der Waals surface area contributed by atoms with Crippen molar-refractivity contribution in [2.75, 3.05) is 11.4 Å². The molecule has 3 rings (SSSR count). The van der Waals surface area contributed by atoms with E-state index in [0.29, 0.717) is 24.5 Å². The van der Waals surface area contributed by atoms with Crippen molar-refractivity contribution >= 4 is 11.7 Å². The van der Waals surface area contributed by atoms with Crippen molar-refractivity contribution < 1.29 is 4.42 Å². The van der Waals surface area contributed by atoms with Crippen molar-refractivity contribution in [3.05, 3.63) is 36.2 Å². The molecule has 1 aromatic carbocycles. The first-order valence-electron chi connectivity index (χ1n) is 6.75. The van der Waals surface area contributed by atoms with Gasteiger partial charge in [-0.3, -0.25) is 4.90 Å². The summed E-state index contributed by atoms with van der Waals surface area (Å²) in [7, 11) is 0. The fraction of sp³-hybridized carbons (Fsp3) is 0.429. The number of hydrogen-bond donors (Lipinski definition) is 1. The molecule has 1 N–H and O–H groups in total. The van der Waals surface area contributed by atoms with Crippen molar-refractivity contribution in [3.8, 4) is 0 Å². The van der Waals surface area contributed by atoms with Gasteiger partial charge in [0.2, 0.25) is 5.89 Å². The lowest BCUT2D eigenvalue weighted by atomic mass is 10.3. The largest absolute Gasteiger partial charge is 0.406 e. The average Bonchev–Trinajstić information content (AvgIpc) is 3.17. The normalized spacial score (nSPS) is 14.6. The minimum Gasteiger partial charge on any atom is -0.406 e. The first-order chi connectivity index (χ1) is 9.36. The monoisotopic (exact) mass is 258 g/mol. The zero-order valence-electron chi connectivity index (χ0n) is 11.0. The van der Waals surface area contributed by atoms with Crippen LogP contribution in [0.25, 0.3) is 0 Å². The molecule has 2 aromatic rings. The van der Waals surface area contributed by atoms with Crippen molar-refractivity contribution in [1.82, 2.24) is 15.5 Å². The van der Waals surface area contributed by atoms with Crippen molar-refractivity contribution in [1.29, 1.82) is 0 Å². The van der Waals surface area contributed by atoms with Gasteiger partial charge in [0, 0.05) is 18.3 Å². The number of rotatable bonds is 6. The number of anilines is 2. The maximum absolute atomic E-state index is 5.71. The Morgan fingerprint density at radius 1 is 1.26 bits per heavy atom. The summed E-state index contributed by atoms with van der Waals surface area (Å²) in [5.41, 5.74) is 1.07. The molecule has 1 aromatic heterocycles. The third-order valence-electron chi connectivity index (χ3n) is 3.19. The SMILES string of the molecule is CCN(c1ccccc1)c1nnc(CNC2CC2)o1. The van der Waals surface area contributed by atoms with E-state index < -0.39 is 0 Å². The number of nitrogens with one attached hydrogen (secondary N) is 1. The number of hydrogen-bond acceptors (Lipinski definition) is 5. The van der Waals surface area contributed by atoms with Gasteiger partial charge in [-0.25, -0.2) is 0 Å². The molecule has 1 aliphatic rings. The second-order valence-corrected chi connectivity index (χ2v) is 4.71. The second kappa shape index (κ2) is 5.40. The molecular weight excluding hydrogens is 240 g/mol. The van der Waals surface area contributed by atoms with Gasteiger partial charge in [0.05, 0.1) is 6.54 Å². The van der Waals surface area contributed by atoms with E-state index in [1.165, 1.54) is 12.8 Å². The molecule has 0 spiro atoms. The van der Waals surface area contributed by atoms with Crippen LogP contribution in [-0.4, -0.2) is 22.8 Å². The van der Waals surface area contributed by atoms with Crippen LogP contribution < -0.4 is 10.2 Å². The number of nitrogens with zero attached hydrogens (tertiary/aromatic N) is 3. The highest BCUT2D eigenvalue weighted by atomic mass is 16.4. The third kappa shape index (κ3) is 2.93. The van der Waals surface area contributed by atoms with Crippen LogP contribution in [0.15, 0.2) is 34.7 Å².